The maximum absolute atomic E-state index is 12.9. The summed E-state index contributed by atoms with van der Waals surface area (Å²) in [6, 6.07) is 3.20. The third-order valence-electron chi connectivity index (χ3n) is 5.58. The van der Waals surface area contributed by atoms with E-state index in [4.69, 9.17) is 4.74 Å². The third kappa shape index (κ3) is 2.83. The molecule has 3 amide bonds. The zero-order valence-electron chi connectivity index (χ0n) is 15.6. The number of methoxy groups -OCH3 is 1. The van der Waals surface area contributed by atoms with Crippen LogP contribution in [-0.2, 0) is 18.9 Å². The second kappa shape index (κ2) is 6.33. The summed E-state index contributed by atoms with van der Waals surface area (Å²) in [6.45, 7) is 0.894. The molecule has 0 unspecified atom stereocenters. The van der Waals surface area contributed by atoms with Crippen molar-refractivity contribution in [2.45, 2.75) is 18.9 Å². The van der Waals surface area contributed by atoms with Crippen LogP contribution in [0.2, 0.25) is 0 Å². The van der Waals surface area contributed by atoms with Gasteiger partial charge in [0, 0.05) is 39.3 Å². The highest BCUT2D eigenvalue weighted by molar-refractivity contribution is 5.95. The number of ether oxygens (including phenoxy) is 1. The van der Waals surface area contributed by atoms with Crippen LogP contribution >= 0.6 is 0 Å². The van der Waals surface area contributed by atoms with Crippen LogP contribution in [-0.4, -0.2) is 52.2 Å². The van der Waals surface area contributed by atoms with Gasteiger partial charge in [0.15, 0.2) is 0 Å². The summed E-state index contributed by atoms with van der Waals surface area (Å²) < 4.78 is 8.48. The van der Waals surface area contributed by atoms with Crippen LogP contribution in [0.1, 0.15) is 12.8 Å². The molecule has 0 spiro atoms. The summed E-state index contributed by atoms with van der Waals surface area (Å²) in [4.78, 5) is 38.7. The monoisotopic (exact) mass is 373 g/mol. The summed E-state index contributed by atoms with van der Waals surface area (Å²) in [7, 11) is 4.90. The molecular formula is C18H23N5O4. The SMILES string of the molecule is COc1cc2c(cc1NC(=O)N1C[C@@H]3CC[C@H](C1)C(=O)N3)n(C)c(=O)n2C. The van der Waals surface area contributed by atoms with Crippen LogP contribution < -0.4 is 21.1 Å². The number of imidazole rings is 1. The number of benzene rings is 1. The van der Waals surface area contributed by atoms with Gasteiger partial charge in [-0.3, -0.25) is 13.9 Å². The Balaban J connectivity index is 1.64. The summed E-state index contributed by atoms with van der Waals surface area (Å²) in [5, 5.41) is 5.85. The molecule has 4 heterocycles. The van der Waals surface area contributed by atoms with Crippen LogP contribution in [0.15, 0.2) is 16.9 Å². The number of aryl methyl sites for hydroxylation is 2. The second-order valence-corrected chi connectivity index (χ2v) is 7.26. The lowest BCUT2D eigenvalue weighted by Crippen LogP contribution is -2.44. The largest absolute Gasteiger partial charge is 0.494 e. The number of anilines is 1. The fourth-order valence-electron chi connectivity index (χ4n) is 4.00. The second-order valence-electron chi connectivity index (χ2n) is 7.26. The van der Waals surface area contributed by atoms with Crippen molar-refractivity contribution in [3.63, 3.8) is 0 Å². The van der Waals surface area contributed by atoms with E-state index in [1.807, 2.05) is 0 Å². The van der Waals surface area contributed by atoms with Crippen molar-refractivity contribution in [2.75, 3.05) is 25.5 Å². The predicted molar refractivity (Wildman–Crippen MR) is 100.0 cm³/mol. The molecular weight excluding hydrogens is 350 g/mol. The van der Waals surface area contributed by atoms with E-state index < -0.39 is 0 Å². The number of nitrogens with zero attached hydrogens (tertiary/aromatic N) is 3. The van der Waals surface area contributed by atoms with Crippen molar-refractivity contribution in [1.29, 1.82) is 0 Å². The molecule has 3 aliphatic heterocycles. The lowest BCUT2D eigenvalue weighted by atomic mass is 9.96. The van der Waals surface area contributed by atoms with Gasteiger partial charge in [-0.15, -0.1) is 0 Å². The van der Waals surface area contributed by atoms with Gasteiger partial charge >= 0.3 is 11.7 Å². The Morgan fingerprint density at radius 3 is 2.52 bits per heavy atom. The summed E-state index contributed by atoms with van der Waals surface area (Å²) in [5.41, 5.74) is 1.77. The van der Waals surface area contributed by atoms with Gasteiger partial charge in [0.25, 0.3) is 0 Å². The topological polar surface area (TPSA) is 97.6 Å². The summed E-state index contributed by atoms with van der Waals surface area (Å²) in [5.74, 6) is 0.345. The quantitative estimate of drug-likeness (QED) is 0.807. The Morgan fingerprint density at radius 1 is 1.15 bits per heavy atom. The number of rotatable bonds is 2. The van der Waals surface area contributed by atoms with Crippen molar-refractivity contribution in [2.24, 2.45) is 20.0 Å². The Kier molecular flexibility index (Phi) is 4.09. The van der Waals surface area contributed by atoms with Crippen molar-refractivity contribution >= 4 is 28.7 Å². The van der Waals surface area contributed by atoms with E-state index in [-0.39, 0.29) is 29.6 Å². The number of piperidine rings is 1. The maximum atomic E-state index is 12.9. The minimum absolute atomic E-state index is 0.00122. The fraction of sp³-hybridized carbons (Fsp3) is 0.500. The van der Waals surface area contributed by atoms with Crippen molar-refractivity contribution in [3.8, 4) is 5.75 Å². The van der Waals surface area contributed by atoms with Crippen molar-refractivity contribution in [3.05, 3.63) is 22.6 Å². The van der Waals surface area contributed by atoms with Crippen LogP contribution in [0, 0.1) is 5.92 Å². The number of amides is 3. The minimum atomic E-state index is -0.276. The Bertz CT molecular complexity index is 992. The number of carbonyl (C=O) groups excluding carboxylic acids is 2. The van der Waals surface area contributed by atoms with E-state index in [0.717, 1.165) is 18.4 Å². The standard InChI is InChI=1S/C18H23N5O4/c1-21-13-6-12(15(27-3)7-14(13)22(2)18(21)26)20-17(25)23-8-10-4-5-11(9-23)19-16(10)24/h6-7,10-11H,4-5,8-9H2,1-3H3,(H,19,24)(H,20,25)/t10-,11+/m1/s1. The van der Waals surface area contributed by atoms with Gasteiger partial charge in [-0.1, -0.05) is 0 Å². The Labute approximate surface area is 155 Å². The first kappa shape index (κ1) is 17.4. The average molecular weight is 373 g/mol. The van der Waals surface area contributed by atoms with Crippen molar-refractivity contribution < 1.29 is 14.3 Å². The maximum Gasteiger partial charge on any atom is 0.328 e. The summed E-state index contributed by atoms with van der Waals surface area (Å²) >= 11 is 0. The molecule has 5 rings (SSSR count). The van der Waals surface area contributed by atoms with E-state index in [1.165, 1.54) is 16.2 Å². The van der Waals surface area contributed by atoms with Gasteiger partial charge in [0.05, 0.1) is 29.7 Å². The number of hydrogen-bond acceptors (Lipinski definition) is 4. The van der Waals surface area contributed by atoms with E-state index in [2.05, 4.69) is 10.6 Å². The molecule has 3 fully saturated rings. The lowest BCUT2D eigenvalue weighted by molar-refractivity contribution is -0.126. The van der Waals surface area contributed by atoms with Crippen LogP contribution in [0.3, 0.4) is 0 Å². The molecule has 9 heteroatoms. The van der Waals surface area contributed by atoms with E-state index in [9.17, 15) is 14.4 Å². The predicted octanol–water partition coefficient (Wildman–Crippen LogP) is 0.628. The first-order chi connectivity index (χ1) is 12.9. The van der Waals surface area contributed by atoms with Crippen LogP contribution in [0.25, 0.3) is 11.0 Å². The number of aromatic nitrogens is 2. The average Bonchev–Trinajstić information content (AvgIpc) is 2.87. The normalized spacial score (nSPS) is 21.9. The smallest absolute Gasteiger partial charge is 0.328 e. The molecule has 2 bridgehead atoms. The molecule has 1 aromatic carbocycles. The highest BCUT2D eigenvalue weighted by Crippen LogP contribution is 2.30. The minimum Gasteiger partial charge on any atom is -0.494 e. The van der Waals surface area contributed by atoms with E-state index >= 15 is 0 Å². The zero-order chi connectivity index (χ0) is 19.3. The third-order valence-corrected chi connectivity index (χ3v) is 5.58. The van der Waals surface area contributed by atoms with Gasteiger partial charge < -0.3 is 20.3 Å². The Morgan fingerprint density at radius 2 is 1.85 bits per heavy atom. The molecule has 2 N–H and O–H groups in total. The molecule has 2 aromatic rings. The van der Waals surface area contributed by atoms with E-state index in [1.54, 1.807) is 31.1 Å². The molecule has 9 nitrogen and oxygen atoms in total. The first-order valence-corrected chi connectivity index (χ1v) is 8.98. The molecule has 0 radical (unpaired) electrons. The number of nitrogens with one attached hydrogen (secondary N) is 2. The summed E-state index contributed by atoms with van der Waals surface area (Å²) in [6.07, 6.45) is 1.70. The highest BCUT2D eigenvalue weighted by Gasteiger charge is 2.36. The van der Waals surface area contributed by atoms with Crippen LogP contribution in [0.4, 0.5) is 10.5 Å². The molecule has 144 valence electrons. The number of carbonyl (C=O) groups is 2. The molecule has 27 heavy (non-hydrogen) atoms. The highest BCUT2D eigenvalue weighted by atomic mass is 16.5. The molecule has 1 aromatic heterocycles. The van der Waals surface area contributed by atoms with Gasteiger partial charge in [0.1, 0.15) is 5.75 Å². The van der Waals surface area contributed by atoms with Gasteiger partial charge in [-0.25, -0.2) is 9.59 Å². The molecule has 3 aliphatic rings. The zero-order valence-corrected chi connectivity index (χ0v) is 15.6. The van der Waals surface area contributed by atoms with Gasteiger partial charge in [-0.2, -0.15) is 0 Å². The number of fused-ring (bicyclic) bond motifs is 5. The molecule has 2 atom stereocenters. The van der Waals surface area contributed by atoms with Crippen LogP contribution in [0.5, 0.6) is 5.75 Å². The van der Waals surface area contributed by atoms with E-state index in [0.29, 0.717) is 30.0 Å². The number of urea groups is 1. The van der Waals surface area contributed by atoms with Crippen molar-refractivity contribution in [1.82, 2.24) is 19.4 Å². The first-order valence-electron chi connectivity index (χ1n) is 8.98. The fourth-order valence-corrected chi connectivity index (χ4v) is 4.00. The van der Waals surface area contributed by atoms with Gasteiger partial charge in [0.2, 0.25) is 5.91 Å². The Hall–Kier alpha value is -2.97. The number of hydrogen-bond donors (Lipinski definition) is 2. The van der Waals surface area contributed by atoms with Gasteiger partial charge in [-0.05, 0) is 18.9 Å². The lowest BCUT2D eigenvalue weighted by Gasteiger charge is -2.23. The molecule has 0 saturated carbocycles. The molecule has 3 saturated heterocycles. The molecule has 0 aliphatic carbocycles.